The van der Waals surface area contributed by atoms with Crippen molar-refractivity contribution in [1.29, 1.82) is 0 Å². The highest BCUT2D eigenvalue weighted by atomic mass is 19.1. The minimum Gasteiger partial charge on any atom is -0.461 e. The summed E-state index contributed by atoms with van der Waals surface area (Å²) in [6.45, 7) is 7.65. The smallest absolute Gasteiger partial charge is 0.318 e. The minimum absolute atomic E-state index is 0.0347. The van der Waals surface area contributed by atoms with Gasteiger partial charge in [0.05, 0.1) is 37.2 Å². The lowest BCUT2D eigenvalue weighted by atomic mass is 9.80. The lowest BCUT2D eigenvalue weighted by Crippen LogP contribution is -2.45. The van der Waals surface area contributed by atoms with Gasteiger partial charge in [0.15, 0.2) is 0 Å². The number of fused-ring (bicyclic) bond motifs is 4. The first-order valence-electron chi connectivity index (χ1n) is 14.3. The molecule has 2 aromatic rings. The van der Waals surface area contributed by atoms with Crippen LogP contribution in [-0.2, 0) is 32.8 Å². The van der Waals surface area contributed by atoms with E-state index < -0.39 is 11.8 Å². The summed E-state index contributed by atoms with van der Waals surface area (Å²) in [4.78, 5) is 14.4. The van der Waals surface area contributed by atoms with Crippen LogP contribution in [0, 0.1) is 0 Å². The molecule has 4 atom stereocenters. The Morgan fingerprint density at radius 1 is 1.18 bits per heavy atom. The van der Waals surface area contributed by atoms with Gasteiger partial charge in [0, 0.05) is 50.3 Å². The normalized spacial score (nSPS) is 32.5. The van der Waals surface area contributed by atoms with Crippen LogP contribution in [0.3, 0.4) is 0 Å². The van der Waals surface area contributed by atoms with Crippen molar-refractivity contribution in [1.82, 2.24) is 14.9 Å². The number of hydrogen-bond donors (Lipinski definition) is 1. The first-order valence-corrected chi connectivity index (χ1v) is 14.3. The van der Waals surface area contributed by atoms with Gasteiger partial charge in [-0.05, 0) is 56.0 Å². The molecule has 1 aromatic carbocycles. The molecular formula is C29H38FN5O4. The lowest BCUT2D eigenvalue weighted by molar-refractivity contribution is -0.148. The van der Waals surface area contributed by atoms with Crippen molar-refractivity contribution in [2.45, 2.75) is 69.1 Å². The maximum Gasteiger partial charge on any atom is 0.318 e. The van der Waals surface area contributed by atoms with E-state index in [0.717, 1.165) is 73.7 Å². The Morgan fingerprint density at radius 3 is 3.03 bits per heavy atom. The van der Waals surface area contributed by atoms with Gasteiger partial charge in [-0.25, -0.2) is 4.39 Å². The molecule has 1 aromatic heterocycles. The number of nitrogens with two attached hydrogens (primary N) is 1. The molecule has 5 aliphatic rings. The zero-order valence-corrected chi connectivity index (χ0v) is 22.7. The summed E-state index contributed by atoms with van der Waals surface area (Å²) in [5.41, 5.74) is 10.1. The highest BCUT2D eigenvalue weighted by Crippen LogP contribution is 2.46. The van der Waals surface area contributed by atoms with Gasteiger partial charge in [-0.15, -0.1) is 0 Å². The van der Waals surface area contributed by atoms with E-state index in [1.165, 1.54) is 0 Å². The number of nitrogens with zero attached hydrogens (tertiary/aromatic N) is 4. The Labute approximate surface area is 228 Å². The van der Waals surface area contributed by atoms with Crippen LogP contribution in [0.15, 0.2) is 18.2 Å². The number of nitrogen functional groups attached to an aromatic ring is 1. The molecule has 0 bridgehead atoms. The molecule has 0 amide bonds. The summed E-state index contributed by atoms with van der Waals surface area (Å²) in [6, 6.07) is 6.33. The number of halogens is 1. The van der Waals surface area contributed by atoms with E-state index in [1.807, 2.05) is 18.2 Å². The van der Waals surface area contributed by atoms with Gasteiger partial charge in [-0.2, -0.15) is 9.97 Å². The number of ether oxygens (including phenoxy) is 4. The minimum atomic E-state index is -0.802. The van der Waals surface area contributed by atoms with Crippen molar-refractivity contribution >= 4 is 11.5 Å². The van der Waals surface area contributed by atoms with E-state index in [9.17, 15) is 4.39 Å². The number of rotatable bonds is 4. The molecule has 9 nitrogen and oxygen atoms in total. The Kier molecular flexibility index (Phi) is 6.41. The number of aromatic nitrogens is 2. The lowest BCUT2D eigenvalue weighted by Gasteiger charge is -2.44. The monoisotopic (exact) mass is 539 g/mol. The maximum absolute atomic E-state index is 14.4. The number of benzene rings is 1. The summed E-state index contributed by atoms with van der Waals surface area (Å²) in [6.07, 6.45) is 3.15. The zero-order valence-electron chi connectivity index (χ0n) is 22.7. The van der Waals surface area contributed by atoms with Crippen LogP contribution in [-0.4, -0.2) is 79.2 Å². The molecule has 3 saturated heterocycles. The van der Waals surface area contributed by atoms with E-state index in [2.05, 4.69) is 16.7 Å². The van der Waals surface area contributed by atoms with E-state index in [1.54, 1.807) is 0 Å². The molecular weight excluding hydrogens is 501 g/mol. The van der Waals surface area contributed by atoms with Gasteiger partial charge in [0.25, 0.3) is 0 Å². The average molecular weight is 540 g/mol. The molecule has 2 N–H and O–H groups in total. The molecule has 0 aliphatic carbocycles. The topological polar surface area (TPSA) is 95.2 Å². The average Bonchev–Trinajstić information content (AvgIpc) is 3.31. The van der Waals surface area contributed by atoms with Crippen molar-refractivity contribution in [3.8, 4) is 6.01 Å². The quantitative estimate of drug-likeness (QED) is 0.587. The van der Waals surface area contributed by atoms with Crippen molar-refractivity contribution in [2.24, 2.45) is 0 Å². The van der Waals surface area contributed by atoms with Crippen molar-refractivity contribution in [3.63, 3.8) is 0 Å². The Morgan fingerprint density at radius 2 is 2.10 bits per heavy atom. The Bertz CT molecular complexity index is 1240. The number of hydrogen-bond acceptors (Lipinski definition) is 9. The standard InChI is InChI=1S/C29H38FN5O4/c1-19-22-5-4-21(31)12-24(22)29(18-37-19)14-25-23(16-39-29)26(34-7-3-10-36-11-9-34)33-27(32-25)38-17-28-6-2-8-35(28)15-20(30)13-28/h4-5,12,19-20H,2-3,6-11,13-18,31H2,1H3. The molecule has 0 radical (unpaired) electrons. The summed E-state index contributed by atoms with van der Waals surface area (Å²) >= 11 is 0. The fourth-order valence-electron chi connectivity index (χ4n) is 7.27. The highest BCUT2D eigenvalue weighted by Gasteiger charge is 2.50. The summed E-state index contributed by atoms with van der Waals surface area (Å²) in [5.74, 6) is 0.851. The van der Waals surface area contributed by atoms with Crippen LogP contribution in [0.1, 0.15) is 61.1 Å². The molecule has 0 saturated carbocycles. The van der Waals surface area contributed by atoms with Crippen molar-refractivity contribution in [2.75, 3.05) is 63.2 Å². The first-order chi connectivity index (χ1) is 18.9. The van der Waals surface area contributed by atoms with E-state index in [4.69, 9.17) is 34.6 Å². The summed E-state index contributed by atoms with van der Waals surface area (Å²) in [5, 5.41) is 0. The fraction of sp³-hybridized carbons (Fsp3) is 0.655. The van der Waals surface area contributed by atoms with E-state index >= 15 is 0 Å². The third-order valence-corrected chi connectivity index (χ3v) is 9.32. The third-order valence-electron chi connectivity index (χ3n) is 9.32. The van der Waals surface area contributed by atoms with E-state index in [-0.39, 0.29) is 11.6 Å². The Balaban J connectivity index is 1.25. The van der Waals surface area contributed by atoms with Gasteiger partial charge in [0.1, 0.15) is 24.2 Å². The largest absolute Gasteiger partial charge is 0.461 e. The molecule has 1 spiro atoms. The predicted molar refractivity (Wildman–Crippen MR) is 144 cm³/mol. The van der Waals surface area contributed by atoms with Crippen LogP contribution in [0.4, 0.5) is 15.9 Å². The SMILES string of the molecule is CC1OCC2(Cc3nc(OCC45CCCN4CC(F)C5)nc(N4CCCOCC4)c3CO2)c2cc(N)ccc21. The number of alkyl halides is 1. The van der Waals surface area contributed by atoms with Crippen LogP contribution < -0.4 is 15.4 Å². The van der Waals surface area contributed by atoms with E-state index in [0.29, 0.717) is 57.5 Å². The van der Waals surface area contributed by atoms with Gasteiger partial charge < -0.3 is 29.6 Å². The Hall–Kier alpha value is -2.53. The van der Waals surface area contributed by atoms with Crippen LogP contribution in [0.5, 0.6) is 6.01 Å². The summed E-state index contributed by atoms with van der Waals surface area (Å²) < 4.78 is 39.4. The third kappa shape index (κ3) is 4.45. The van der Waals surface area contributed by atoms with Gasteiger partial charge in [-0.1, -0.05) is 6.07 Å². The zero-order chi connectivity index (χ0) is 26.6. The molecule has 3 fully saturated rings. The molecule has 39 heavy (non-hydrogen) atoms. The second-order valence-corrected chi connectivity index (χ2v) is 11.8. The molecule has 6 heterocycles. The van der Waals surface area contributed by atoms with Crippen LogP contribution >= 0.6 is 0 Å². The number of anilines is 2. The van der Waals surface area contributed by atoms with Gasteiger partial charge in [-0.3, -0.25) is 4.90 Å². The first kappa shape index (κ1) is 25.4. The maximum atomic E-state index is 14.4. The molecule has 7 rings (SSSR count). The second kappa shape index (κ2) is 9.83. The molecule has 10 heteroatoms. The highest BCUT2D eigenvalue weighted by molar-refractivity contribution is 5.54. The molecule has 210 valence electrons. The van der Waals surface area contributed by atoms with Crippen LogP contribution in [0.25, 0.3) is 0 Å². The van der Waals surface area contributed by atoms with Gasteiger partial charge >= 0.3 is 6.01 Å². The second-order valence-electron chi connectivity index (χ2n) is 11.8. The van der Waals surface area contributed by atoms with Crippen molar-refractivity contribution < 1.29 is 23.3 Å². The van der Waals surface area contributed by atoms with Crippen LogP contribution in [0.2, 0.25) is 0 Å². The van der Waals surface area contributed by atoms with Gasteiger partial charge in [0.2, 0.25) is 0 Å². The molecule has 5 aliphatic heterocycles. The summed E-state index contributed by atoms with van der Waals surface area (Å²) in [7, 11) is 0. The predicted octanol–water partition coefficient (Wildman–Crippen LogP) is 3.30. The molecule has 4 unspecified atom stereocenters. The van der Waals surface area contributed by atoms with Crippen molar-refractivity contribution in [3.05, 3.63) is 40.6 Å². The fourth-order valence-corrected chi connectivity index (χ4v) is 7.27.